The number of halogens is 1. The van der Waals surface area contributed by atoms with E-state index in [0.29, 0.717) is 24.1 Å². The van der Waals surface area contributed by atoms with E-state index >= 15 is 0 Å². The number of ether oxygens (including phenoxy) is 4. The van der Waals surface area contributed by atoms with Crippen LogP contribution in [-0.2, 0) is 20.8 Å². The lowest BCUT2D eigenvalue weighted by Crippen LogP contribution is -2.53. The van der Waals surface area contributed by atoms with Crippen LogP contribution < -0.4 is 29.6 Å². The van der Waals surface area contributed by atoms with Gasteiger partial charge >= 0.3 is 0 Å². The van der Waals surface area contributed by atoms with Gasteiger partial charge in [-0.2, -0.15) is 0 Å². The average Bonchev–Trinajstić information content (AvgIpc) is 3.31. The summed E-state index contributed by atoms with van der Waals surface area (Å²) in [5.74, 6) is -4.85. The number of anilines is 1. The van der Waals surface area contributed by atoms with Gasteiger partial charge in [-0.05, 0) is 42.2 Å². The number of carbonyl (C=O) groups excluding carboxylic acids is 4. The summed E-state index contributed by atoms with van der Waals surface area (Å²) in [7, 11) is 4.09. The molecule has 3 aromatic carbocycles. The smallest absolute Gasteiger partial charge is 0.246 e. The monoisotopic (exact) mass is 690 g/mol. The Balaban J connectivity index is 1.42. The molecule has 49 heavy (non-hydrogen) atoms. The highest BCUT2D eigenvalue weighted by Crippen LogP contribution is 2.56. The molecule has 2 aliphatic heterocycles. The van der Waals surface area contributed by atoms with Gasteiger partial charge in [0.05, 0.1) is 21.3 Å². The molecule has 3 aliphatic rings. The van der Waals surface area contributed by atoms with Gasteiger partial charge in [-0.3, -0.25) is 19.2 Å². The molecule has 0 saturated heterocycles. The van der Waals surface area contributed by atoms with Crippen LogP contribution in [0.4, 0.5) is 5.69 Å². The fraction of sp³-hybridized carbons (Fsp3) is 0.333. The molecule has 0 saturated carbocycles. The summed E-state index contributed by atoms with van der Waals surface area (Å²) in [6.07, 6.45) is 0.207. The number of ketones is 2. The second kappa shape index (κ2) is 13.0. The van der Waals surface area contributed by atoms with Crippen molar-refractivity contribution in [3.05, 3.63) is 81.6 Å². The number of fused-ring (bicyclic) bond motifs is 2. The molecule has 2 amide bonds. The summed E-state index contributed by atoms with van der Waals surface area (Å²) in [6, 6.07) is 12.2. The van der Waals surface area contributed by atoms with E-state index in [4.69, 9.17) is 30.5 Å². The minimum Gasteiger partial charge on any atom is -0.507 e. The van der Waals surface area contributed by atoms with Gasteiger partial charge in [0.25, 0.3) is 0 Å². The Morgan fingerprint density at radius 1 is 1.04 bits per heavy atom. The number of nitrogens with one attached hydrogen (secondary N) is 2. The number of aromatic hydroxyl groups is 1. The number of hydrogen-bond donors (Lipinski definition) is 4. The van der Waals surface area contributed by atoms with Crippen LogP contribution in [0.25, 0.3) is 0 Å². The van der Waals surface area contributed by atoms with Crippen LogP contribution in [-0.4, -0.2) is 66.6 Å². The average molecular weight is 691 g/mol. The maximum Gasteiger partial charge on any atom is 0.246 e. The first-order valence-electron chi connectivity index (χ1n) is 15.6. The van der Waals surface area contributed by atoms with E-state index in [-0.39, 0.29) is 51.3 Å². The highest BCUT2D eigenvalue weighted by Gasteiger charge is 2.61. The highest BCUT2D eigenvalue weighted by molar-refractivity contribution is 6.35. The summed E-state index contributed by atoms with van der Waals surface area (Å²) >= 11 is 6.59. The molecule has 1 aliphatic carbocycles. The van der Waals surface area contributed by atoms with Crippen LogP contribution in [0.1, 0.15) is 53.6 Å². The summed E-state index contributed by atoms with van der Waals surface area (Å²) in [5, 5.41) is 28.1. The van der Waals surface area contributed by atoms with Crippen molar-refractivity contribution in [2.75, 3.05) is 26.6 Å². The zero-order chi connectivity index (χ0) is 35.2. The van der Waals surface area contributed by atoms with Gasteiger partial charge in [-0.25, -0.2) is 0 Å². The van der Waals surface area contributed by atoms with Crippen molar-refractivity contribution in [3.63, 3.8) is 0 Å². The fourth-order valence-corrected chi connectivity index (χ4v) is 7.19. The molecule has 13 heteroatoms. The van der Waals surface area contributed by atoms with Crippen molar-refractivity contribution >= 4 is 40.7 Å². The molecule has 0 radical (unpaired) electrons. The summed E-state index contributed by atoms with van der Waals surface area (Å²) in [6.45, 7) is 1.60. The lowest BCUT2D eigenvalue weighted by Gasteiger charge is -2.38. The largest absolute Gasteiger partial charge is 0.507 e. The molecule has 0 aromatic heterocycles. The molecule has 3 aromatic rings. The Kier molecular flexibility index (Phi) is 8.93. The number of aliphatic hydroxyl groups excluding tert-OH is 1. The van der Waals surface area contributed by atoms with E-state index in [2.05, 4.69) is 10.6 Å². The molecule has 2 heterocycles. The summed E-state index contributed by atoms with van der Waals surface area (Å²) < 4.78 is 22.4. The Hall–Kier alpha value is -5.23. The van der Waals surface area contributed by atoms with Gasteiger partial charge in [-0.1, -0.05) is 42.8 Å². The SMILES string of the molecule is COc1cc(C(CC(=O)NC2CCc3ccccc3NC2=O)C2=C(O)[C@@]3(Oc4c(Cl)c(OC)cc(OC)c4C3=O)[C@H](C)CC2=O)ccc1O. The van der Waals surface area contributed by atoms with E-state index in [1.807, 2.05) is 12.1 Å². The van der Waals surface area contributed by atoms with E-state index < -0.39 is 59.0 Å². The van der Waals surface area contributed by atoms with Crippen LogP contribution >= 0.6 is 11.6 Å². The number of para-hydroxylation sites is 1. The molecule has 4 atom stereocenters. The van der Waals surface area contributed by atoms with Gasteiger partial charge in [0.1, 0.15) is 28.1 Å². The van der Waals surface area contributed by atoms with Crippen LogP contribution in [0.3, 0.4) is 0 Å². The predicted molar refractivity (Wildman–Crippen MR) is 178 cm³/mol. The molecular formula is C36H35ClN2O10. The van der Waals surface area contributed by atoms with Gasteiger partial charge in [0.15, 0.2) is 28.8 Å². The topological polar surface area (TPSA) is 170 Å². The maximum absolute atomic E-state index is 14.3. The molecule has 4 N–H and O–H groups in total. The second-order valence-electron chi connectivity index (χ2n) is 12.2. The summed E-state index contributed by atoms with van der Waals surface area (Å²) in [4.78, 5) is 55.2. The fourth-order valence-electron chi connectivity index (χ4n) is 6.92. The maximum atomic E-state index is 14.3. The number of benzene rings is 3. The van der Waals surface area contributed by atoms with Crippen molar-refractivity contribution in [1.82, 2.24) is 5.32 Å². The van der Waals surface area contributed by atoms with Crippen LogP contribution in [0.2, 0.25) is 5.02 Å². The van der Waals surface area contributed by atoms with Gasteiger partial charge in [0.2, 0.25) is 23.2 Å². The number of rotatable bonds is 8. The first-order valence-corrected chi connectivity index (χ1v) is 16.0. The van der Waals surface area contributed by atoms with Crippen molar-refractivity contribution in [3.8, 4) is 28.7 Å². The van der Waals surface area contributed by atoms with Crippen molar-refractivity contribution < 1.29 is 48.3 Å². The summed E-state index contributed by atoms with van der Waals surface area (Å²) in [5.41, 5.74) is -0.430. The van der Waals surface area contributed by atoms with Gasteiger partial charge < -0.3 is 39.8 Å². The first kappa shape index (κ1) is 33.7. The van der Waals surface area contributed by atoms with Gasteiger partial charge in [0, 0.05) is 42.0 Å². The van der Waals surface area contributed by atoms with E-state index in [9.17, 15) is 29.4 Å². The number of amides is 2. The Bertz CT molecular complexity index is 1920. The molecule has 6 rings (SSSR count). The number of aryl methyl sites for hydroxylation is 1. The molecular weight excluding hydrogens is 656 g/mol. The Morgan fingerprint density at radius 2 is 1.76 bits per heavy atom. The van der Waals surface area contributed by atoms with E-state index in [1.54, 1.807) is 19.1 Å². The molecule has 0 bridgehead atoms. The number of allylic oxidation sites excluding steroid dienone is 1. The Morgan fingerprint density at radius 3 is 2.47 bits per heavy atom. The number of Topliss-reactive ketones (excluding diaryl/α,β-unsaturated/α-hetero) is 2. The Labute approximate surface area is 286 Å². The number of phenolic OH excluding ortho intramolecular Hbond substituents is 1. The zero-order valence-corrected chi connectivity index (χ0v) is 28.0. The number of phenols is 1. The van der Waals surface area contributed by atoms with Crippen LogP contribution in [0, 0.1) is 5.92 Å². The van der Waals surface area contributed by atoms with Crippen molar-refractivity contribution in [1.29, 1.82) is 0 Å². The van der Waals surface area contributed by atoms with Crippen molar-refractivity contribution in [2.45, 2.75) is 50.2 Å². The third-order valence-corrected chi connectivity index (χ3v) is 9.84. The number of methoxy groups -OCH3 is 3. The number of hydrogen-bond acceptors (Lipinski definition) is 10. The lowest BCUT2D eigenvalue weighted by atomic mass is 9.69. The molecule has 256 valence electrons. The quantitative estimate of drug-likeness (QED) is 0.251. The molecule has 1 spiro atoms. The second-order valence-corrected chi connectivity index (χ2v) is 12.6. The lowest BCUT2D eigenvalue weighted by molar-refractivity contribution is -0.127. The minimum atomic E-state index is -2.09. The standard InChI is InChI=1S/C36H35ClN2O10/c1-17-13-24(41)29(33(43)36(17)34(44)30-26(47-3)16-27(48-4)31(37)32(30)49-36)20(19-10-12-23(40)25(14-19)46-2)15-28(42)38-22-11-9-18-7-5-6-8-21(18)39-35(22)45/h5-8,10,12,14,16-17,20,22,40,43H,9,11,13,15H2,1-4H3,(H,38,42)(H,39,45)/t17-,20?,22?,36+/m1/s1. The molecule has 2 unspecified atom stereocenters. The van der Waals surface area contributed by atoms with Gasteiger partial charge in [-0.15, -0.1) is 0 Å². The number of aliphatic hydroxyl groups is 1. The first-order chi connectivity index (χ1) is 23.4. The highest BCUT2D eigenvalue weighted by atomic mass is 35.5. The van der Waals surface area contributed by atoms with Crippen LogP contribution in [0.5, 0.6) is 28.7 Å². The third-order valence-electron chi connectivity index (χ3n) is 9.48. The zero-order valence-electron chi connectivity index (χ0n) is 27.2. The van der Waals surface area contributed by atoms with E-state index in [0.717, 1.165) is 5.56 Å². The minimum absolute atomic E-state index is 0.0231. The third kappa shape index (κ3) is 5.59. The predicted octanol–water partition coefficient (Wildman–Crippen LogP) is 5.05. The normalized spacial score (nSPS) is 22.0. The van der Waals surface area contributed by atoms with Crippen LogP contribution in [0.15, 0.2) is 59.9 Å². The molecule has 12 nitrogen and oxygen atoms in total. The molecule has 0 fully saturated rings. The number of carbonyl (C=O) groups is 4. The van der Waals surface area contributed by atoms with Crippen molar-refractivity contribution in [2.24, 2.45) is 5.92 Å². The van der Waals surface area contributed by atoms with E-state index in [1.165, 1.54) is 45.6 Å².